The fourth-order valence-corrected chi connectivity index (χ4v) is 2.84. The minimum absolute atomic E-state index is 0.00237. The summed E-state index contributed by atoms with van der Waals surface area (Å²) in [5.74, 6) is -2.06. The molecule has 0 bridgehead atoms. The van der Waals surface area contributed by atoms with Crippen LogP contribution < -0.4 is 5.32 Å². The Kier molecular flexibility index (Phi) is 5.12. The summed E-state index contributed by atoms with van der Waals surface area (Å²) in [4.78, 5) is 35.5. The van der Waals surface area contributed by atoms with Gasteiger partial charge in [-0.15, -0.1) is 11.3 Å². The first kappa shape index (κ1) is 16.7. The third kappa shape index (κ3) is 3.95. The molecule has 0 aliphatic heterocycles. The van der Waals surface area contributed by atoms with Crippen LogP contribution in [0.15, 0.2) is 18.5 Å². The van der Waals surface area contributed by atoms with Crippen molar-refractivity contribution >= 4 is 34.2 Å². The lowest BCUT2D eigenvalue weighted by Gasteiger charge is -2.05. The fraction of sp³-hybridized carbons (Fsp3) is 0.286. The molecule has 2 N–H and O–H groups in total. The fourth-order valence-electron chi connectivity index (χ4n) is 1.84. The summed E-state index contributed by atoms with van der Waals surface area (Å²) < 4.78 is 5.91. The Hall–Kier alpha value is -2.68. The summed E-state index contributed by atoms with van der Waals surface area (Å²) in [6.45, 7) is 1.78. The van der Waals surface area contributed by atoms with E-state index in [-0.39, 0.29) is 12.1 Å². The highest BCUT2D eigenvalue weighted by molar-refractivity contribution is 7.16. The molecule has 122 valence electrons. The van der Waals surface area contributed by atoms with Gasteiger partial charge in [0.15, 0.2) is 0 Å². The van der Waals surface area contributed by atoms with Crippen LogP contribution in [0.1, 0.15) is 32.5 Å². The minimum atomic E-state index is -1.12. The zero-order valence-electron chi connectivity index (χ0n) is 12.5. The van der Waals surface area contributed by atoms with E-state index in [1.165, 1.54) is 29.3 Å². The van der Waals surface area contributed by atoms with Crippen molar-refractivity contribution in [2.75, 3.05) is 12.4 Å². The maximum absolute atomic E-state index is 12.1. The molecule has 0 saturated heterocycles. The molecule has 2 aromatic heterocycles. The topological polar surface area (TPSA) is 111 Å². The Morgan fingerprint density at radius 1 is 1.43 bits per heavy atom. The van der Waals surface area contributed by atoms with E-state index < -0.39 is 17.8 Å². The van der Waals surface area contributed by atoms with Gasteiger partial charge in [0.1, 0.15) is 11.5 Å². The van der Waals surface area contributed by atoms with Gasteiger partial charge in [-0.3, -0.25) is 9.48 Å². The summed E-state index contributed by atoms with van der Waals surface area (Å²) in [7, 11) is 1.27. The summed E-state index contributed by atoms with van der Waals surface area (Å²) in [6.07, 6.45) is 3.15. The maximum Gasteiger partial charge on any atom is 0.340 e. The van der Waals surface area contributed by atoms with Crippen molar-refractivity contribution in [1.29, 1.82) is 0 Å². The Bertz CT molecular complexity index is 749. The molecule has 0 unspecified atom stereocenters. The molecule has 1 amide bonds. The molecule has 0 aromatic carbocycles. The van der Waals surface area contributed by atoms with E-state index in [0.29, 0.717) is 10.6 Å². The SMILES string of the molecule is CCc1cc(C(=O)OC)c(NC(=O)Cn2cc(C(=O)O)cn2)s1. The summed E-state index contributed by atoms with van der Waals surface area (Å²) >= 11 is 1.30. The number of nitrogens with zero attached hydrogens (tertiary/aromatic N) is 2. The second kappa shape index (κ2) is 7.05. The van der Waals surface area contributed by atoms with E-state index in [1.807, 2.05) is 6.92 Å². The van der Waals surface area contributed by atoms with Gasteiger partial charge in [0.05, 0.1) is 24.4 Å². The Labute approximate surface area is 135 Å². The number of carbonyl (C=O) groups excluding carboxylic acids is 2. The van der Waals surface area contributed by atoms with Gasteiger partial charge < -0.3 is 15.2 Å². The van der Waals surface area contributed by atoms with Crippen LogP contribution in [0.25, 0.3) is 0 Å². The standard InChI is InChI=1S/C14H15N3O5S/c1-3-9-4-10(14(21)22-2)12(23-9)16-11(18)7-17-6-8(5-15-17)13(19)20/h4-6H,3,7H2,1-2H3,(H,16,18)(H,19,20). The number of ether oxygens (including phenoxy) is 1. The second-order valence-corrected chi connectivity index (χ2v) is 5.72. The Morgan fingerprint density at radius 3 is 2.74 bits per heavy atom. The molecule has 0 radical (unpaired) electrons. The van der Waals surface area contributed by atoms with Crippen LogP contribution in [0.5, 0.6) is 0 Å². The molecule has 23 heavy (non-hydrogen) atoms. The second-order valence-electron chi connectivity index (χ2n) is 4.58. The van der Waals surface area contributed by atoms with Crippen LogP contribution in [0, 0.1) is 0 Å². The first-order chi connectivity index (χ1) is 10.9. The predicted octanol–water partition coefficient (Wildman–Crippen LogP) is 1.63. The number of hydrogen-bond acceptors (Lipinski definition) is 6. The van der Waals surface area contributed by atoms with Crippen LogP contribution >= 0.6 is 11.3 Å². The number of carbonyl (C=O) groups is 3. The zero-order chi connectivity index (χ0) is 17.0. The lowest BCUT2D eigenvalue weighted by molar-refractivity contribution is -0.116. The van der Waals surface area contributed by atoms with Gasteiger partial charge in [0, 0.05) is 11.1 Å². The highest BCUT2D eigenvalue weighted by Crippen LogP contribution is 2.29. The van der Waals surface area contributed by atoms with Gasteiger partial charge in [0.25, 0.3) is 0 Å². The third-order valence-corrected chi connectivity index (χ3v) is 4.17. The lowest BCUT2D eigenvalue weighted by atomic mass is 10.2. The van der Waals surface area contributed by atoms with Crippen molar-refractivity contribution < 1.29 is 24.2 Å². The molecule has 0 saturated carbocycles. The Balaban J connectivity index is 2.11. The number of anilines is 1. The van der Waals surface area contributed by atoms with E-state index in [4.69, 9.17) is 9.84 Å². The van der Waals surface area contributed by atoms with Crippen LogP contribution in [0.4, 0.5) is 5.00 Å². The number of carboxylic acids is 1. The van der Waals surface area contributed by atoms with E-state index in [2.05, 4.69) is 10.4 Å². The molecule has 0 fully saturated rings. The number of esters is 1. The largest absolute Gasteiger partial charge is 0.478 e. The maximum atomic E-state index is 12.1. The molecule has 0 aliphatic carbocycles. The third-order valence-electron chi connectivity index (χ3n) is 2.98. The van der Waals surface area contributed by atoms with Crippen molar-refractivity contribution in [2.24, 2.45) is 0 Å². The molecular formula is C14H15N3O5S. The number of carboxylic acid groups (broad SMARTS) is 1. The molecule has 8 nitrogen and oxygen atoms in total. The van der Waals surface area contributed by atoms with E-state index in [9.17, 15) is 14.4 Å². The molecular weight excluding hydrogens is 322 g/mol. The van der Waals surface area contributed by atoms with Gasteiger partial charge in [-0.25, -0.2) is 9.59 Å². The normalized spacial score (nSPS) is 10.3. The van der Waals surface area contributed by atoms with Crippen LogP contribution in [-0.2, 0) is 22.5 Å². The number of aromatic carboxylic acids is 1. The lowest BCUT2D eigenvalue weighted by Crippen LogP contribution is -2.19. The van der Waals surface area contributed by atoms with Gasteiger partial charge in [0.2, 0.25) is 5.91 Å². The number of nitrogens with one attached hydrogen (secondary N) is 1. The highest BCUT2D eigenvalue weighted by atomic mass is 32.1. The van der Waals surface area contributed by atoms with Gasteiger partial charge in [-0.2, -0.15) is 5.10 Å². The van der Waals surface area contributed by atoms with E-state index in [0.717, 1.165) is 17.5 Å². The molecule has 0 atom stereocenters. The molecule has 2 heterocycles. The summed E-state index contributed by atoms with van der Waals surface area (Å²) in [5, 5.41) is 15.7. The Morgan fingerprint density at radius 2 is 2.17 bits per heavy atom. The number of amides is 1. The summed E-state index contributed by atoms with van der Waals surface area (Å²) in [6, 6.07) is 1.68. The van der Waals surface area contributed by atoms with Crippen molar-refractivity contribution in [1.82, 2.24) is 9.78 Å². The molecule has 0 spiro atoms. The van der Waals surface area contributed by atoms with Gasteiger partial charge in [-0.1, -0.05) is 6.92 Å². The number of aryl methyl sites for hydroxylation is 1. The van der Waals surface area contributed by atoms with Crippen LogP contribution in [-0.4, -0.2) is 39.8 Å². The van der Waals surface area contributed by atoms with E-state index >= 15 is 0 Å². The van der Waals surface area contributed by atoms with Crippen LogP contribution in [0.3, 0.4) is 0 Å². The smallest absolute Gasteiger partial charge is 0.340 e. The van der Waals surface area contributed by atoms with Crippen molar-refractivity contribution in [3.63, 3.8) is 0 Å². The number of hydrogen-bond donors (Lipinski definition) is 2. The first-order valence-electron chi connectivity index (χ1n) is 6.71. The number of thiophene rings is 1. The average Bonchev–Trinajstić information content (AvgIpc) is 3.13. The first-order valence-corrected chi connectivity index (χ1v) is 7.52. The van der Waals surface area contributed by atoms with Crippen molar-refractivity contribution in [3.8, 4) is 0 Å². The van der Waals surface area contributed by atoms with Gasteiger partial charge in [-0.05, 0) is 12.5 Å². The number of rotatable bonds is 6. The monoisotopic (exact) mass is 337 g/mol. The average molecular weight is 337 g/mol. The molecule has 9 heteroatoms. The number of aromatic nitrogens is 2. The van der Waals surface area contributed by atoms with E-state index in [1.54, 1.807) is 6.07 Å². The quantitative estimate of drug-likeness (QED) is 0.775. The van der Waals surface area contributed by atoms with Gasteiger partial charge >= 0.3 is 11.9 Å². The predicted molar refractivity (Wildman–Crippen MR) is 82.9 cm³/mol. The minimum Gasteiger partial charge on any atom is -0.478 e. The zero-order valence-corrected chi connectivity index (χ0v) is 13.3. The summed E-state index contributed by atoms with van der Waals surface area (Å²) in [5.41, 5.74) is 0.298. The van der Waals surface area contributed by atoms with Crippen molar-refractivity contribution in [3.05, 3.63) is 34.5 Å². The highest BCUT2D eigenvalue weighted by Gasteiger charge is 2.18. The van der Waals surface area contributed by atoms with Crippen molar-refractivity contribution in [2.45, 2.75) is 19.9 Å². The number of methoxy groups -OCH3 is 1. The van der Waals surface area contributed by atoms with Crippen LogP contribution in [0.2, 0.25) is 0 Å². The molecule has 2 aromatic rings. The molecule has 2 rings (SSSR count). The molecule has 0 aliphatic rings.